The Morgan fingerprint density at radius 3 is 2.26 bits per heavy atom. The lowest BCUT2D eigenvalue weighted by atomic mass is 10.0. The van der Waals surface area contributed by atoms with Crippen molar-refractivity contribution in [1.82, 2.24) is 4.90 Å². The predicted molar refractivity (Wildman–Crippen MR) is 179 cm³/mol. The maximum Gasteiger partial charge on any atom is 0.259 e. The van der Waals surface area contributed by atoms with Gasteiger partial charge in [-0.1, -0.05) is 35.3 Å². The molecule has 0 bridgehead atoms. The Labute approximate surface area is 285 Å². The van der Waals surface area contributed by atoms with Crippen LogP contribution in [-0.2, 0) is 27.4 Å². The van der Waals surface area contributed by atoms with Crippen LogP contribution in [0.4, 0.5) is 11.4 Å². The number of aliphatic hydroxyl groups is 5. The SMILES string of the molecule is CN(C[C@H](O)[C@@H](O)[C@H](O)[C@H](O)CO)C(=O)CCCCc1cc(Cl)c(COC2(C(=O)N3CCN(C4CC4)c4ccccc43)CC2)cc1Cl. The van der Waals surface area contributed by atoms with Crippen LogP contribution in [0.15, 0.2) is 36.4 Å². The number of unbranched alkanes of at least 4 members (excludes halogenated alkanes) is 1. The molecule has 2 aliphatic carbocycles. The highest BCUT2D eigenvalue weighted by Gasteiger charge is 2.54. The highest BCUT2D eigenvalue weighted by atomic mass is 35.5. The fourth-order valence-electron chi connectivity index (χ4n) is 6.12. The number of hydrogen-bond acceptors (Lipinski definition) is 9. The second-order valence-corrected chi connectivity index (χ2v) is 13.8. The van der Waals surface area contributed by atoms with Gasteiger partial charge < -0.3 is 45.0 Å². The minimum Gasteiger partial charge on any atom is -0.394 e. The molecular formula is C34H45Cl2N3O8. The minimum atomic E-state index is -1.75. The molecule has 2 aromatic carbocycles. The van der Waals surface area contributed by atoms with E-state index in [1.807, 2.05) is 23.1 Å². The molecule has 0 unspecified atom stereocenters. The van der Waals surface area contributed by atoms with Crippen molar-refractivity contribution in [1.29, 1.82) is 0 Å². The fourth-order valence-corrected chi connectivity index (χ4v) is 6.64. The quantitative estimate of drug-likeness (QED) is 0.167. The second-order valence-electron chi connectivity index (χ2n) is 13.0. The van der Waals surface area contributed by atoms with Crippen LogP contribution in [0.2, 0.25) is 10.0 Å². The van der Waals surface area contributed by atoms with Crippen molar-refractivity contribution in [2.75, 3.05) is 43.1 Å². The maximum atomic E-state index is 13.8. The molecular weight excluding hydrogens is 649 g/mol. The number of rotatable bonds is 16. The number of para-hydroxylation sites is 2. The number of hydrogen-bond donors (Lipinski definition) is 5. The molecule has 5 N–H and O–H groups in total. The lowest BCUT2D eigenvalue weighted by molar-refractivity contribution is -0.138. The van der Waals surface area contributed by atoms with Crippen LogP contribution in [0.1, 0.15) is 56.1 Å². The Bertz CT molecular complexity index is 1420. The number of likely N-dealkylation sites (N-methyl/N-ethyl adjacent to an activating group) is 1. The van der Waals surface area contributed by atoms with Crippen molar-refractivity contribution >= 4 is 46.4 Å². The highest BCUT2D eigenvalue weighted by molar-refractivity contribution is 6.34. The van der Waals surface area contributed by atoms with E-state index in [0.29, 0.717) is 60.3 Å². The normalized spacial score (nSPS) is 19.5. The number of fused-ring (bicyclic) bond motifs is 1. The number of benzene rings is 2. The number of carbonyl (C=O) groups excluding carboxylic acids is 2. The van der Waals surface area contributed by atoms with Crippen molar-refractivity contribution in [3.63, 3.8) is 0 Å². The van der Waals surface area contributed by atoms with E-state index < -0.39 is 36.6 Å². The molecule has 5 rings (SSSR count). The average molecular weight is 695 g/mol. The molecule has 2 aromatic rings. The molecule has 0 aromatic heterocycles. The summed E-state index contributed by atoms with van der Waals surface area (Å²) in [5, 5.41) is 49.3. The van der Waals surface area contributed by atoms with Gasteiger partial charge in [-0.15, -0.1) is 0 Å². The van der Waals surface area contributed by atoms with Gasteiger partial charge in [0.15, 0.2) is 0 Å². The summed E-state index contributed by atoms with van der Waals surface area (Å²) >= 11 is 13.2. The molecule has 0 radical (unpaired) electrons. The Kier molecular flexibility index (Phi) is 11.7. The smallest absolute Gasteiger partial charge is 0.259 e. The van der Waals surface area contributed by atoms with Gasteiger partial charge in [-0.2, -0.15) is 0 Å². The molecule has 47 heavy (non-hydrogen) atoms. The van der Waals surface area contributed by atoms with Crippen LogP contribution in [0.5, 0.6) is 0 Å². The number of halogens is 2. The monoisotopic (exact) mass is 693 g/mol. The Morgan fingerprint density at radius 2 is 1.60 bits per heavy atom. The Morgan fingerprint density at radius 1 is 0.957 bits per heavy atom. The van der Waals surface area contributed by atoms with Gasteiger partial charge in [0.05, 0.1) is 24.6 Å². The predicted octanol–water partition coefficient (Wildman–Crippen LogP) is 2.67. The van der Waals surface area contributed by atoms with E-state index >= 15 is 0 Å². The van der Waals surface area contributed by atoms with Crippen LogP contribution in [-0.4, -0.2) is 112 Å². The van der Waals surface area contributed by atoms with Crippen molar-refractivity contribution in [2.45, 2.75) is 94.0 Å². The summed E-state index contributed by atoms with van der Waals surface area (Å²) in [5.74, 6) is -0.273. The lowest BCUT2D eigenvalue weighted by Crippen LogP contribution is -2.49. The number of nitrogens with zero attached hydrogens (tertiary/aromatic N) is 3. The van der Waals surface area contributed by atoms with Gasteiger partial charge in [0.25, 0.3) is 5.91 Å². The summed E-state index contributed by atoms with van der Waals surface area (Å²) in [6.07, 6.45) is -0.936. The standard InChI is InChI=1S/C34H45Cl2N3O8/c1-37(18-28(41)31(44)32(45)29(42)19-40)30(43)9-5-2-6-21-16-25(36)22(17-24(21)35)20-47-34(12-13-34)33(46)39-15-14-38(23-10-11-23)26-7-3-4-8-27(26)39/h3-4,7-8,16-17,23,28-29,31-32,40-42,44-45H,2,5-6,9-15,18-20H2,1H3/t28-,29+,31+,32+/m0/s1. The minimum absolute atomic E-state index is 0.0109. The van der Waals surface area contributed by atoms with Gasteiger partial charge in [-0.3, -0.25) is 9.59 Å². The summed E-state index contributed by atoms with van der Waals surface area (Å²) in [6, 6.07) is 12.2. The third kappa shape index (κ3) is 8.40. The first-order chi connectivity index (χ1) is 22.5. The van der Waals surface area contributed by atoms with Crippen LogP contribution >= 0.6 is 23.2 Å². The number of anilines is 2. The van der Waals surface area contributed by atoms with Gasteiger partial charge in [-0.25, -0.2) is 0 Å². The molecule has 1 aliphatic heterocycles. The number of carbonyl (C=O) groups is 2. The molecule has 0 spiro atoms. The third-order valence-corrected chi connectivity index (χ3v) is 10.1. The molecule has 258 valence electrons. The molecule has 0 saturated heterocycles. The zero-order chi connectivity index (χ0) is 33.9. The van der Waals surface area contributed by atoms with Crippen molar-refractivity contribution < 1.29 is 39.9 Å². The lowest BCUT2D eigenvalue weighted by Gasteiger charge is -2.39. The van der Waals surface area contributed by atoms with E-state index in [4.69, 9.17) is 33.0 Å². The van der Waals surface area contributed by atoms with E-state index in [9.17, 15) is 30.0 Å². The fraction of sp³-hybridized carbons (Fsp3) is 0.588. The Hall–Kier alpha value is -2.48. The van der Waals surface area contributed by atoms with Crippen LogP contribution in [0.3, 0.4) is 0 Å². The molecule has 13 heteroatoms. The first kappa shape index (κ1) is 35.8. The van der Waals surface area contributed by atoms with E-state index in [1.54, 1.807) is 12.1 Å². The van der Waals surface area contributed by atoms with Crippen molar-refractivity contribution in [2.24, 2.45) is 0 Å². The van der Waals surface area contributed by atoms with Crippen molar-refractivity contribution in [3.8, 4) is 0 Å². The first-order valence-corrected chi connectivity index (χ1v) is 17.1. The Balaban J connectivity index is 1.09. The third-order valence-electron chi connectivity index (χ3n) is 9.39. The van der Waals surface area contributed by atoms with Gasteiger partial charge in [0.1, 0.15) is 30.0 Å². The van der Waals surface area contributed by atoms with E-state index in [1.165, 1.54) is 24.8 Å². The summed E-state index contributed by atoms with van der Waals surface area (Å²) in [4.78, 5) is 31.9. The van der Waals surface area contributed by atoms with Gasteiger partial charge in [0.2, 0.25) is 5.91 Å². The largest absolute Gasteiger partial charge is 0.394 e. The molecule has 2 amide bonds. The second kappa shape index (κ2) is 15.4. The number of aryl methyl sites for hydroxylation is 1. The zero-order valence-corrected chi connectivity index (χ0v) is 28.1. The van der Waals surface area contributed by atoms with Crippen molar-refractivity contribution in [3.05, 3.63) is 57.6 Å². The van der Waals surface area contributed by atoms with Gasteiger partial charge >= 0.3 is 0 Å². The maximum absolute atomic E-state index is 13.8. The molecule has 3 aliphatic rings. The zero-order valence-electron chi connectivity index (χ0n) is 26.6. The average Bonchev–Trinajstić information content (AvgIpc) is 4.01. The molecule has 2 saturated carbocycles. The van der Waals surface area contributed by atoms with E-state index in [-0.39, 0.29) is 31.4 Å². The molecule has 4 atom stereocenters. The van der Waals surface area contributed by atoms with E-state index in [2.05, 4.69) is 11.0 Å². The summed E-state index contributed by atoms with van der Waals surface area (Å²) in [5.41, 5.74) is 2.72. The molecule has 11 nitrogen and oxygen atoms in total. The number of aliphatic hydroxyl groups excluding tert-OH is 5. The number of amides is 2. The van der Waals surface area contributed by atoms with Crippen LogP contribution in [0.25, 0.3) is 0 Å². The molecule has 2 fully saturated rings. The first-order valence-electron chi connectivity index (χ1n) is 16.3. The number of ether oxygens (including phenoxy) is 1. The van der Waals surface area contributed by atoms with Crippen LogP contribution in [0, 0.1) is 0 Å². The molecule has 1 heterocycles. The topological polar surface area (TPSA) is 154 Å². The van der Waals surface area contributed by atoms with Gasteiger partial charge in [-0.05, 0) is 80.3 Å². The van der Waals surface area contributed by atoms with Gasteiger partial charge in [0, 0.05) is 49.2 Å². The summed E-state index contributed by atoms with van der Waals surface area (Å²) in [7, 11) is 1.47. The van der Waals surface area contributed by atoms with Crippen LogP contribution < -0.4 is 9.80 Å². The van der Waals surface area contributed by atoms with E-state index in [0.717, 1.165) is 23.5 Å². The summed E-state index contributed by atoms with van der Waals surface area (Å²) in [6.45, 7) is 0.573. The summed E-state index contributed by atoms with van der Waals surface area (Å²) < 4.78 is 6.28. The highest BCUT2D eigenvalue weighted by Crippen LogP contribution is 2.46.